The Morgan fingerprint density at radius 3 is 2.20 bits per heavy atom. The molecule has 0 bridgehead atoms. The van der Waals surface area contributed by atoms with E-state index in [9.17, 15) is 4.79 Å². The van der Waals surface area contributed by atoms with Crippen LogP contribution in [0.15, 0.2) is 6.20 Å². The largest absolute Gasteiger partial charge is 0.298 e. The van der Waals surface area contributed by atoms with E-state index in [1.165, 1.54) is 70.6 Å². The van der Waals surface area contributed by atoms with E-state index < -0.39 is 0 Å². The number of rotatable bonds is 3. The fourth-order valence-corrected chi connectivity index (χ4v) is 3.91. The number of nitrogens with zero attached hydrogens (tertiary/aromatic N) is 2. The summed E-state index contributed by atoms with van der Waals surface area (Å²) in [6.07, 6.45) is 17.2. The molecular formula is C17H26N2O. The molecule has 2 fully saturated rings. The number of aromatic nitrogens is 2. The molecule has 3 nitrogen and oxygen atoms in total. The van der Waals surface area contributed by atoms with Gasteiger partial charge in [-0.3, -0.25) is 9.48 Å². The van der Waals surface area contributed by atoms with Crippen LogP contribution < -0.4 is 0 Å². The highest BCUT2D eigenvalue weighted by atomic mass is 16.1. The highest BCUT2D eigenvalue weighted by molar-refractivity contribution is 5.76. The third-order valence-corrected chi connectivity index (χ3v) is 5.11. The summed E-state index contributed by atoms with van der Waals surface area (Å²) in [7, 11) is 0. The zero-order chi connectivity index (χ0) is 13.8. The maximum atomic E-state index is 11.4. The van der Waals surface area contributed by atoms with Crippen molar-refractivity contribution < 1.29 is 4.79 Å². The van der Waals surface area contributed by atoms with Crippen LogP contribution in [0.1, 0.15) is 98.6 Å². The number of hydrogen-bond donors (Lipinski definition) is 0. The van der Waals surface area contributed by atoms with E-state index in [-0.39, 0.29) is 0 Å². The van der Waals surface area contributed by atoms with E-state index >= 15 is 0 Å². The Bertz CT molecular complexity index is 438. The van der Waals surface area contributed by atoms with Crippen LogP contribution in [-0.4, -0.2) is 16.1 Å². The molecule has 0 amide bonds. The van der Waals surface area contributed by atoms with Crippen LogP contribution in [0.3, 0.4) is 0 Å². The fourth-order valence-electron chi connectivity index (χ4n) is 3.91. The third-order valence-electron chi connectivity index (χ3n) is 5.11. The minimum atomic E-state index is 0.522. The molecule has 20 heavy (non-hydrogen) atoms. The van der Waals surface area contributed by atoms with Crippen LogP contribution in [0, 0.1) is 0 Å². The molecule has 1 aromatic heterocycles. The maximum Gasteiger partial charge on any atom is 0.153 e. The van der Waals surface area contributed by atoms with Gasteiger partial charge in [0.1, 0.15) is 0 Å². The first kappa shape index (κ1) is 13.8. The molecule has 110 valence electrons. The van der Waals surface area contributed by atoms with Crippen molar-refractivity contribution in [3.8, 4) is 0 Å². The molecule has 3 rings (SSSR count). The Hall–Kier alpha value is -1.12. The van der Waals surface area contributed by atoms with Gasteiger partial charge in [0.05, 0.1) is 17.3 Å². The summed E-state index contributed by atoms with van der Waals surface area (Å²) in [6, 6.07) is 0.522. The molecule has 0 atom stereocenters. The van der Waals surface area contributed by atoms with E-state index in [2.05, 4.69) is 4.68 Å². The molecule has 2 saturated carbocycles. The second kappa shape index (κ2) is 6.55. The Balaban J connectivity index is 1.81. The summed E-state index contributed by atoms with van der Waals surface area (Å²) in [6.45, 7) is 0. The van der Waals surface area contributed by atoms with Gasteiger partial charge in [-0.1, -0.05) is 44.9 Å². The van der Waals surface area contributed by atoms with Gasteiger partial charge in [0, 0.05) is 12.1 Å². The lowest BCUT2D eigenvalue weighted by Gasteiger charge is -2.20. The van der Waals surface area contributed by atoms with Crippen LogP contribution in [0.5, 0.6) is 0 Å². The molecule has 2 aliphatic rings. The van der Waals surface area contributed by atoms with Crippen molar-refractivity contribution >= 4 is 6.29 Å². The summed E-state index contributed by atoms with van der Waals surface area (Å²) in [5, 5.41) is 4.86. The first-order chi connectivity index (χ1) is 9.88. The van der Waals surface area contributed by atoms with Crippen molar-refractivity contribution in [3.05, 3.63) is 17.5 Å². The molecule has 0 saturated heterocycles. The summed E-state index contributed by atoms with van der Waals surface area (Å²) in [5.41, 5.74) is 1.94. The van der Waals surface area contributed by atoms with Crippen molar-refractivity contribution in [2.45, 2.75) is 82.6 Å². The first-order valence-corrected chi connectivity index (χ1v) is 8.42. The minimum Gasteiger partial charge on any atom is -0.298 e. The predicted octanol–water partition coefficient (Wildman–Crippen LogP) is 4.64. The standard InChI is InChI=1S/C17H26N2O/c20-13-15-12-19(16-10-6-1-2-7-11-16)18-17(15)14-8-4-3-5-9-14/h12-14,16H,1-11H2. The molecule has 3 heteroatoms. The Kier molecular flexibility index (Phi) is 4.54. The van der Waals surface area contributed by atoms with Crippen LogP contribution in [0.25, 0.3) is 0 Å². The molecule has 0 unspecified atom stereocenters. The SMILES string of the molecule is O=Cc1cn(C2CCCCCC2)nc1C1CCCCC1. The van der Waals surface area contributed by atoms with Gasteiger partial charge < -0.3 is 0 Å². The Morgan fingerprint density at radius 2 is 1.55 bits per heavy atom. The van der Waals surface area contributed by atoms with Crippen molar-refractivity contribution in [3.63, 3.8) is 0 Å². The summed E-state index contributed by atoms with van der Waals surface area (Å²) >= 11 is 0. The number of hydrogen-bond acceptors (Lipinski definition) is 2. The highest BCUT2D eigenvalue weighted by Crippen LogP contribution is 2.34. The molecule has 0 N–H and O–H groups in total. The van der Waals surface area contributed by atoms with Crippen LogP contribution in [0.2, 0.25) is 0 Å². The zero-order valence-electron chi connectivity index (χ0n) is 12.4. The lowest BCUT2D eigenvalue weighted by molar-refractivity contribution is 0.112. The predicted molar refractivity (Wildman–Crippen MR) is 80.2 cm³/mol. The first-order valence-electron chi connectivity index (χ1n) is 8.42. The molecule has 1 aromatic rings. The normalized spacial score (nSPS) is 22.6. The van der Waals surface area contributed by atoms with Gasteiger partial charge in [-0.05, 0) is 25.7 Å². The summed E-state index contributed by atoms with van der Waals surface area (Å²) < 4.78 is 2.12. The Morgan fingerprint density at radius 1 is 0.950 bits per heavy atom. The van der Waals surface area contributed by atoms with Gasteiger partial charge >= 0.3 is 0 Å². The quantitative estimate of drug-likeness (QED) is 0.594. The molecule has 0 radical (unpaired) electrons. The van der Waals surface area contributed by atoms with Crippen LogP contribution in [0.4, 0.5) is 0 Å². The average molecular weight is 274 g/mol. The van der Waals surface area contributed by atoms with E-state index in [1.807, 2.05) is 6.20 Å². The topological polar surface area (TPSA) is 34.9 Å². The van der Waals surface area contributed by atoms with Crippen LogP contribution in [-0.2, 0) is 0 Å². The van der Waals surface area contributed by atoms with Gasteiger partial charge in [-0.2, -0.15) is 5.10 Å². The van der Waals surface area contributed by atoms with E-state index in [0.717, 1.165) is 17.5 Å². The van der Waals surface area contributed by atoms with E-state index in [1.54, 1.807) is 0 Å². The van der Waals surface area contributed by atoms with Gasteiger partial charge in [-0.15, -0.1) is 0 Å². The molecule has 1 heterocycles. The fraction of sp³-hybridized carbons (Fsp3) is 0.765. The molecule has 0 spiro atoms. The van der Waals surface area contributed by atoms with E-state index in [4.69, 9.17) is 5.10 Å². The highest BCUT2D eigenvalue weighted by Gasteiger charge is 2.24. The second-order valence-electron chi connectivity index (χ2n) is 6.55. The molecule has 0 aromatic carbocycles. The summed E-state index contributed by atoms with van der Waals surface area (Å²) in [4.78, 5) is 11.4. The smallest absolute Gasteiger partial charge is 0.153 e. The van der Waals surface area contributed by atoms with Crippen molar-refractivity contribution in [1.29, 1.82) is 0 Å². The van der Waals surface area contributed by atoms with Crippen molar-refractivity contribution in [2.24, 2.45) is 0 Å². The number of aldehydes is 1. The molecular weight excluding hydrogens is 248 g/mol. The minimum absolute atomic E-state index is 0.522. The lowest BCUT2D eigenvalue weighted by Crippen LogP contribution is -2.11. The molecule has 2 aliphatic carbocycles. The van der Waals surface area contributed by atoms with Crippen molar-refractivity contribution in [2.75, 3.05) is 0 Å². The van der Waals surface area contributed by atoms with E-state index in [0.29, 0.717) is 12.0 Å². The van der Waals surface area contributed by atoms with Crippen molar-refractivity contribution in [1.82, 2.24) is 9.78 Å². The third kappa shape index (κ3) is 2.97. The summed E-state index contributed by atoms with van der Waals surface area (Å²) in [5.74, 6) is 0.524. The van der Waals surface area contributed by atoms with Gasteiger partial charge in [-0.25, -0.2) is 0 Å². The Labute approximate surface area is 121 Å². The van der Waals surface area contributed by atoms with Gasteiger partial charge in [0.15, 0.2) is 6.29 Å². The second-order valence-corrected chi connectivity index (χ2v) is 6.55. The molecule has 0 aliphatic heterocycles. The monoisotopic (exact) mass is 274 g/mol. The van der Waals surface area contributed by atoms with Crippen LogP contribution >= 0.6 is 0 Å². The zero-order valence-corrected chi connectivity index (χ0v) is 12.4. The number of carbonyl (C=O) groups is 1. The average Bonchev–Trinajstić information content (AvgIpc) is 2.75. The maximum absolute atomic E-state index is 11.4. The lowest BCUT2D eigenvalue weighted by atomic mass is 9.86. The van der Waals surface area contributed by atoms with Gasteiger partial charge in [0.25, 0.3) is 0 Å². The van der Waals surface area contributed by atoms with Gasteiger partial charge in [0.2, 0.25) is 0 Å². The number of carbonyl (C=O) groups excluding carboxylic acids is 1.